The van der Waals surface area contributed by atoms with E-state index in [2.05, 4.69) is 26.8 Å². The Kier molecular flexibility index (Phi) is 7.36. The lowest BCUT2D eigenvalue weighted by molar-refractivity contribution is -0.139. The average molecular weight is 341 g/mol. The minimum Gasteiger partial charge on any atom is -0.481 e. The SMILES string of the molecule is Cc1cc(OC(C)C(=O)N2CCCC(N)C2)ccc1C(C)C.Cl. The number of nitrogens with zero attached hydrogens (tertiary/aromatic N) is 1. The van der Waals surface area contributed by atoms with Gasteiger partial charge in [-0.3, -0.25) is 4.79 Å². The van der Waals surface area contributed by atoms with Gasteiger partial charge < -0.3 is 15.4 Å². The summed E-state index contributed by atoms with van der Waals surface area (Å²) in [7, 11) is 0. The van der Waals surface area contributed by atoms with Gasteiger partial charge in [0.1, 0.15) is 5.75 Å². The molecule has 0 radical (unpaired) electrons. The predicted molar refractivity (Wildman–Crippen MR) is 96.4 cm³/mol. The smallest absolute Gasteiger partial charge is 0.263 e. The molecule has 1 amide bonds. The molecular weight excluding hydrogens is 312 g/mol. The van der Waals surface area contributed by atoms with Gasteiger partial charge in [-0.15, -0.1) is 12.4 Å². The van der Waals surface area contributed by atoms with E-state index in [0.717, 1.165) is 25.1 Å². The summed E-state index contributed by atoms with van der Waals surface area (Å²) in [5.41, 5.74) is 8.46. The molecule has 1 aliphatic heterocycles. The summed E-state index contributed by atoms with van der Waals surface area (Å²) < 4.78 is 5.85. The fourth-order valence-electron chi connectivity index (χ4n) is 3.09. The zero-order chi connectivity index (χ0) is 16.3. The van der Waals surface area contributed by atoms with Crippen molar-refractivity contribution in [3.63, 3.8) is 0 Å². The van der Waals surface area contributed by atoms with E-state index in [-0.39, 0.29) is 24.4 Å². The maximum Gasteiger partial charge on any atom is 0.263 e. The van der Waals surface area contributed by atoms with E-state index in [1.807, 2.05) is 24.0 Å². The highest BCUT2D eigenvalue weighted by atomic mass is 35.5. The number of ether oxygens (including phenoxy) is 1. The van der Waals surface area contributed by atoms with Crippen molar-refractivity contribution in [3.8, 4) is 5.75 Å². The maximum absolute atomic E-state index is 12.5. The molecule has 4 nitrogen and oxygen atoms in total. The molecule has 1 saturated heterocycles. The van der Waals surface area contributed by atoms with Gasteiger partial charge in [0.15, 0.2) is 6.10 Å². The van der Waals surface area contributed by atoms with Crippen molar-refractivity contribution in [3.05, 3.63) is 29.3 Å². The number of hydrogen-bond donors (Lipinski definition) is 1. The van der Waals surface area contributed by atoms with Crippen LogP contribution in [0.1, 0.15) is 50.7 Å². The number of halogens is 1. The average Bonchev–Trinajstić information content (AvgIpc) is 2.46. The van der Waals surface area contributed by atoms with E-state index in [1.54, 1.807) is 0 Å². The zero-order valence-corrected chi connectivity index (χ0v) is 15.4. The molecule has 1 fully saturated rings. The van der Waals surface area contributed by atoms with Crippen LogP contribution < -0.4 is 10.5 Å². The number of benzene rings is 1. The largest absolute Gasteiger partial charge is 0.481 e. The topological polar surface area (TPSA) is 55.6 Å². The summed E-state index contributed by atoms with van der Waals surface area (Å²) in [6, 6.07) is 6.15. The lowest BCUT2D eigenvalue weighted by atomic mass is 9.98. The molecule has 0 spiro atoms. The highest BCUT2D eigenvalue weighted by Crippen LogP contribution is 2.24. The third-order valence-corrected chi connectivity index (χ3v) is 4.29. The quantitative estimate of drug-likeness (QED) is 0.915. The van der Waals surface area contributed by atoms with Gasteiger partial charge in [0.25, 0.3) is 5.91 Å². The molecule has 2 N–H and O–H groups in total. The highest BCUT2D eigenvalue weighted by molar-refractivity contribution is 5.85. The third-order valence-electron chi connectivity index (χ3n) is 4.29. The number of rotatable bonds is 4. The van der Waals surface area contributed by atoms with E-state index in [4.69, 9.17) is 10.5 Å². The second kappa shape index (κ2) is 8.55. The van der Waals surface area contributed by atoms with Gasteiger partial charge in [0, 0.05) is 19.1 Å². The van der Waals surface area contributed by atoms with Crippen LogP contribution in [0.3, 0.4) is 0 Å². The van der Waals surface area contributed by atoms with Gasteiger partial charge in [-0.2, -0.15) is 0 Å². The molecule has 1 aliphatic rings. The molecule has 0 aromatic heterocycles. The number of amides is 1. The van der Waals surface area contributed by atoms with Gasteiger partial charge in [-0.05, 0) is 55.9 Å². The first-order chi connectivity index (χ1) is 10.4. The molecule has 1 heterocycles. The molecule has 0 aliphatic carbocycles. The first-order valence-corrected chi connectivity index (χ1v) is 8.20. The summed E-state index contributed by atoms with van der Waals surface area (Å²) in [5, 5.41) is 0. The lowest BCUT2D eigenvalue weighted by Crippen LogP contribution is -2.49. The molecule has 130 valence electrons. The summed E-state index contributed by atoms with van der Waals surface area (Å²) in [6.45, 7) is 9.67. The number of carbonyl (C=O) groups excluding carboxylic acids is 1. The zero-order valence-electron chi connectivity index (χ0n) is 14.5. The van der Waals surface area contributed by atoms with Crippen LogP contribution in [0.25, 0.3) is 0 Å². The number of likely N-dealkylation sites (tertiary alicyclic amines) is 1. The van der Waals surface area contributed by atoms with Crippen LogP contribution in [0.5, 0.6) is 5.75 Å². The van der Waals surface area contributed by atoms with Crippen molar-refractivity contribution in [1.82, 2.24) is 4.90 Å². The Morgan fingerprint density at radius 3 is 2.61 bits per heavy atom. The number of piperidine rings is 1. The summed E-state index contributed by atoms with van der Waals surface area (Å²) in [5.74, 6) is 1.27. The van der Waals surface area contributed by atoms with E-state index >= 15 is 0 Å². The fourth-order valence-corrected chi connectivity index (χ4v) is 3.09. The maximum atomic E-state index is 12.5. The number of aryl methyl sites for hydroxylation is 1. The molecule has 2 unspecified atom stereocenters. The Hall–Kier alpha value is -1.26. The fraction of sp³-hybridized carbons (Fsp3) is 0.611. The molecule has 2 atom stereocenters. The first-order valence-electron chi connectivity index (χ1n) is 8.20. The van der Waals surface area contributed by atoms with Crippen LogP contribution in [0.15, 0.2) is 18.2 Å². The molecule has 2 rings (SSSR count). The van der Waals surface area contributed by atoms with Crippen LogP contribution >= 0.6 is 12.4 Å². The molecule has 23 heavy (non-hydrogen) atoms. The normalized spacial score (nSPS) is 19.2. The van der Waals surface area contributed by atoms with Crippen molar-refractivity contribution in [2.75, 3.05) is 13.1 Å². The minimum absolute atomic E-state index is 0. The van der Waals surface area contributed by atoms with E-state index in [9.17, 15) is 4.79 Å². The van der Waals surface area contributed by atoms with Gasteiger partial charge in [0.2, 0.25) is 0 Å². The first kappa shape index (κ1) is 19.8. The molecule has 5 heteroatoms. The summed E-state index contributed by atoms with van der Waals surface area (Å²) in [4.78, 5) is 14.3. The Bertz CT molecular complexity index is 534. The molecular formula is C18H29ClN2O2. The third kappa shape index (κ3) is 5.11. The number of carbonyl (C=O) groups is 1. The van der Waals surface area contributed by atoms with Crippen molar-refractivity contribution in [2.45, 2.75) is 58.6 Å². The summed E-state index contributed by atoms with van der Waals surface area (Å²) in [6.07, 6.45) is 1.49. The van der Waals surface area contributed by atoms with Crippen LogP contribution in [0.2, 0.25) is 0 Å². The van der Waals surface area contributed by atoms with Crippen LogP contribution in [-0.4, -0.2) is 36.0 Å². The monoisotopic (exact) mass is 340 g/mol. The molecule has 0 saturated carbocycles. The van der Waals surface area contributed by atoms with E-state index < -0.39 is 6.10 Å². The van der Waals surface area contributed by atoms with Crippen LogP contribution in [0.4, 0.5) is 0 Å². The molecule has 0 bridgehead atoms. The van der Waals surface area contributed by atoms with Gasteiger partial charge >= 0.3 is 0 Å². The van der Waals surface area contributed by atoms with Gasteiger partial charge in [0.05, 0.1) is 0 Å². The predicted octanol–water partition coefficient (Wildman–Crippen LogP) is 3.26. The number of nitrogens with two attached hydrogens (primary N) is 1. The Morgan fingerprint density at radius 1 is 1.35 bits per heavy atom. The summed E-state index contributed by atoms with van der Waals surface area (Å²) >= 11 is 0. The van der Waals surface area contributed by atoms with Crippen molar-refractivity contribution >= 4 is 18.3 Å². The molecule has 1 aromatic carbocycles. The van der Waals surface area contributed by atoms with E-state index in [1.165, 1.54) is 11.1 Å². The standard InChI is InChI=1S/C18H28N2O2.ClH/c1-12(2)17-8-7-16(10-13(17)3)22-14(4)18(21)20-9-5-6-15(19)11-20;/h7-8,10,12,14-15H,5-6,9,11,19H2,1-4H3;1H. The van der Waals surface area contributed by atoms with Crippen molar-refractivity contribution < 1.29 is 9.53 Å². The lowest BCUT2D eigenvalue weighted by Gasteiger charge is -2.32. The Balaban J connectivity index is 0.00000264. The van der Waals surface area contributed by atoms with Crippen LogP contribution in [-0.2, 0) is 4.79 Å². The van der Waals surface area contributed by atoms with Gasteiger partial charge in [-0.25, -0.2) is 0 Å². The van der Waals surface area contributed by atoms with Crippen molar-refractivity contribution in [1.29, 1.82) is 0 Å². The van der Waals surface area contributed by atoms with Crippen molar-refractivity contribution in [2.24, 2.45) is 5.73 Å². The Labute approximate surface area is 145 Å². The van der Waals surface area contributed by atoms with E-state index in [0.29, 0.717) is 12.5 Å². The minimum atomic E-state index is -0.477. The van der Waals surface area contributed by atoms with Crippen LogP contribution in [0, 0.1) is 6.92 Å². The molecule has 1 aromatic rings. The second-order valence-corrected chi connectivity index (χ2v) is 6.62. The second-order valence-electron chi connectivity index (χ2n) is 6.62. The number of hydrogen-bond acceptors (Lipinski definition) is 3. The Morgan fingerprint density at radius 2 is 2.04 bits per heavy atom. The van der Waals surface area contributed by atoms with Gasteiger partial charge in [-0.1, -0.05) is 19.9 Å². The highest BCUT2D eigenvalue weighted by Gasteiger charge is 2.26.